The molecule has 1 saturated heterocycles. The largest absolute Gasteiger partial charge is 0.435 e. The number of rotatable bonds is 4. The zero-order chi connectivity index (χ0) is 18.2. The van der Waals surface area contributed by atoms with Gasteiger partial charge in [-0.3, -0.25) is 9.55 Å². The molecule has 1 aliphatic rings. The Morgan fingerprint density at radius 3 is 2.89 bits per heavy atom. The molecule has 1 fully saturated rings. The van der Waals surface area contributed by atoms with Crippen LogP contribution < -0.4 is 4.74 Å². The Balaban J connectivity index is 1.53. The lowest BCUT2D eigenvalue weighted by molar-refractivity contribution is -0.0207. The first-order valence-corrected chi connectivity index (χ1v) is 8.79. The molecule has 0 radical (unpaired) electrons. The fourth-order valence-electron chi connectivity index (χ4n) is 3.40. The zero-order valence-corrected chi connectivity index (χ0v) is 14.4. The number of benzene rings is 1. The average molecular weight is 363 g/mol. The Morgan fingerprint density at radius 1 is 1.07 bits per heavy atom. The Kier molecular flexibility index (Phi) is 3.92. The molecule has 5 rings (SSSR count). The monoisotopic (exact) mass is 363 g/mol. The summed E-state index contributed by atoms with van der Waals surface area (Å²) in [4.78, 5) is 17.5. The van der Waals surface area contributed by atoms with Gasteiger partial charge < -0.3 is 14.6 Å². The van der Waals surface area contributed by atoms with Crippen LogP contribution in [0.1, 0.15) is 19.1 Å². The summed E-state index contributed by atoms with van der Waals surface area (Å²) >= 11 is 0. The van der Waals surface area contributed by atoms with Crippen molar-refractivity contribution in [3.63, 3.8) is 0 Å². The van der Waals surface area contributed by atoms with E-state index in [9.17, 15) is 5.11 Å². The third kappa shape index (κ3) is 2.79. The molecule has 8 heteroatoms. The summed E-state index contributed by atoms with van der Waals surface area (Å²) in [6.45, 7) is 0.0144. The van der Waals surface area contributed by atoms with Gasteiger partial charge >= 0.3 is 0 Å². The second-order valence-corrected chi connectivity index (χ2v) is 6.41. The Labute approximate surface area is 154 Å². The summed E-state index contributed by atoms with van der Waals surface area (Å²) in [6.07, 6.45) is 6.11. The van der Waals surface area contributed by atoms with Gasteiger partial charge in [-0.1, -0.05) is 18.2 Å². The first kappa shape index (κ1) is 16.1. The van der Waals surface area contributed by atoms with Gasteiger partial charge in [0.15, 0.2) is 16.9 Å². The number of aromatic nitrogens is 5. The molecule has 0 bridgehead atoms. The molecule has 4 heterocycles. The normalized spacial score (nSPS) is 19.7. The van der Waals surface area contributed by atoms with Gasteiger partial charge in [0.2, 0.25) is 0 Å². The van der Waals surface area contributed by atoms with E-state index in [0.29, 0.717) is 22.8 Å². The second-order valence-electron chi connectivity index (χ2n) is 6.41. The van der Waals surface area contributed by atoms with Crippen molar-refractivity contribution >= 4 is 22.1 Å². The highest BCUT2D eigenvalue weighted by atomic mass is 16.5. The Hall–Kier alpha value is -3.10. The van der Waals surface area contributed by atoms with E-state index in [0.717, 1.165) is 23.7 Å². The van der Waals surface area contributed by atoms with Crippen molar-refractivity contribution in [2.24, 2.45) is 0 Å². The highest BCUT2D eigenvalue weighted by molar-refractivity contribution is 5.85. The summed E-state index contributed by atoms with van der Waals surface area (Å²) in [5, 5.41) is 10.3. The second kappa shape index (κ2) is 6.57. The molecule has 0 spiro atoms. The number of fused-ring (bicyclic) bond motifs is 2. The van der Waals surface area contributed by atoms with Crippen LogP contribution in [-0.2, 0) is 4.74 Å². The minimum Gasteiger partial charge on any atom is -0.435 e. The smallest absolute Gasteiger partial charge is 0.251 e. The summed E-state index contributed by atoms with van der Waals surface area (Å²) in [6, 6.07) is 9.62. The number of nitrogens with zero attached hydrogens (tertiary/aromatic N) is 5. The molecule has 2 atom stereocenters. The third-order valence-corrected chi connectivity index (χ3v) is 4.73. The van der Waals surface area contributed by atoms with E-state index in [-0.39, 0.29) is 18.9 Å². The highest BCUT2D eigenvalue weighted by Crippen LogP contribution is 2.33. The van der Waals surface area contributed by atoms with Crippen molar-refractivity contribution in [2.45, 2.75) is 25.2 Å². The van der Waals surface area contributed by atoms with Gasteiger partial charge in [0.05, 0.1) is 19.0 Å². The molecule has 8 nitrogen and oxygen atoms in total. The van der Waals surface area contributed by atoms with Gasteiger partial charge in [-0.2, -0.15) is 4.98 Å². The standard InChI is InChI=1S/C19H17N5O3/c25-9-13-6-7-15(26-13)24-11-23-17-18(24)21-10-22-19(17)27-14-5-1-3-12-4-2-8-20-16(12)14/h1-5,8,10-11,13,15,25H,6-7,9H2/t13-,15+/m0/s1. The van der Waals surface area contributed by atoms with E-state index >= 15 is 0 Å². The first-order chi connectivity index (χ1) is 13.3. The molecule has 0 unspecified atom stereocenters. The molecule has 0 amide bonds. The maximum absolute atomic E-state index is 9.29. The number of imidazole rings is 1. The average Bonchev–Trinajstić information content (AvgIpc) is 3.35. The van der Waals surface area contributed by atoms with Crippen LogP contribution in [0, 0.1) is 0 Å². The molecule has 0 saturated carbocycles. The summed E-state index contributed by atoms with van der Waals surface area (Å²) < 4.78 is 13.8. The van der Waals surface area contributed by atoms with Crippen LogP contribution in [0.3, 0.4) is 0 Å². The van der Waals surface area contributed by atoms with Crippen LogP contribution in [0.25, 0.3) is 22.1 Å². The summed E-state index contributed by atoms with van der Waals surface area (Å²) in [7, 11) is 0. The predicted octanol–water partition coefficient (Wildman–Crippen LogP) is 2.84. The van der Waals surface area contributed by atoms with Gasteiger partial charge in [0.1, 0.15) is 18.1 Å². The van der Waals surface area contributed by atoms with Crippen molar-refractivity contribution in [1.29, 1.82) is 0 Å². The van der Waals surface area contributed by atoms with Crippen LogP contribution in [0.5, 0.6) is 11.6 Å². The number of aliphatic hydroxyl groups is 1. The molecular formula is C19H17N5O3. The predicted molar refractivity (Wildman–Crippen MR) is 97.4 cm³/mol. The molecule has 3 aromatic heterocycles. The molecule has 1 aliphatic heterocycles. The number of hydrogen-bond donors (Lipinski definition) is 1. The lowest BCUT2D eigenvalue weighted by atomic mass is 10.2. The lowest BCUT2D eigenvalue weighted by Gasteiger charge is -2.14. The van der Waals surface area contributed by atoms with Crippen molar-refractivity contribution < 1.29 is 14.6 Å². The minimum absolute atomic E-state index is 0.0144. The minimum atomic E-state index is -0.200. The number of ether oxygens (including phenoxy) is 2. The molecule has 1 aromatic carbocycles. The Bertz CT molecular complexity index is 1110. The van der Waals surface area contributed by atoms with Crippen molar-refractivity contribution in [3.05, 3.63) is 49.2 Å². The maximum atomic E-state index is 9.29. The fraction of sp³-hybridized carbons (Fsp3) is 0.263. The van der Waals surface area contributed by atoms with Gasteiger partial charge in [-0.25, -0.2) is 9.97 Å². The zero-order valence-electron chi connectivity index (χ0n) is 14.4. The van der Waals surface area contributed by atoms with Crippen LogP contribution in [0.15, 0.2) is 49.2 Å². The van der Waals surface area contributed by atoms with Gasteiger partial charge in [0, 0.05) is 11.6 Å². The third-order valence-electron chi connectivity index (χ3n) is 4.73. The van der Waals surface area contributed by atoms with E-state index in [1.165, 1.54) is 6.33 Å². The molecule has 136 valence electrons. The van der Waals surface area contributed by atoms with Gasteiger partial charge in [0.25, 0.3) is 5.88 Å². The topological polar surface area (TPSA) is 95.2 Å². The number of aliphatic hydroxyl groups excluding tert-OH is 1. The maximum Gasteiger partial charge on any atom is 0.251 e. The Morgan fingerprint density at radius 2 is 2.00 bits per heavy atom. The highest BCUT2D eigenvalue weighted by Gasteiger charge is 2.28. The molecule has 1 N–H and O–H groups in total. The van der Waals surface area contributed by atoms with Crippen molar-refractivity contribution in [3.8, 4) is 11.6 Å². The van der Waals surface area contributed by atoms with Crippen LogP contribution in [0.2, 0.25) is 0 Å². The SMILES string of the molecule is OC[C@@H]1CC[C@H](n2cnc3c(Oc4cccc5cccnc45)ncnc32)O1. The van der Waals surface area contributed by atoms with Crippen LogP contribution in [-0.4, -0.2) is 42.3 Å². The van der Waals surface area contributed by atoms with Gasteiger partial charge in [-0.15, -0.1) is 0 Å². The van der Waals surface area contributed by atoms with Crippen LogP contribution >= 0.6 is 0 Å². The van der Waals surface area contributed by atoms with Crippen molar-refractivity contribution in [2.75, 3.05) is 6.61 Å². The molecule has 27 heavy (non-hydrogen) atoms. The molecule has 0 aliphatic carbocycles. The van der Waals surface area contributed by atoms with Crippen molar-refractivity contribution in [1.82, 2.24) is 24.5 Å². The molecule has 4 aromatic rings. The van der Waals surface area contributed by atoms with E-state index < -0.39 is 0 Å². The first-order valence-electron chi connectivity index (χ1n) is 8.79. The lowest BCUT2D eigenvalue weighted by Crippen LogP contribution is -2.14. The fourth-order valence-corrected chi connectivity index (χ4v) is 3.40. The molecular weight excluding hydrogens is 346 g/mol. The van der Waals surface area contributed by atoms with E-state index in [1.807, 2.05) is 34.9 Å². The number of pyridine rings is 1. The summed E-state index contributed by atoms with van der Waals surface area (Å²) in [5.41, 5.74) is 1.95. The van der Waals surface area contributed by atoms with E-state index in [1.54, 1.807) is 12.5 Å². The quantitative estimate of drug-likeness (QED) is 0.596. The summed E-state index contributed by atoms with van der Waals surface area (Å²) in [5.74, 6) is 0.980. The number of para-hydroxylation sites is 1. The van der Waals surface area contributed by atoms with Crippen LogP contribution in [0.4, 0.5) is 0 Å². The number of hydrogen-bond acceptors (Lipinski definition) is 7. The van der Waals surface area contributed by atoms with Gasteiger partial charge in [-0.05, 0) is 25.0 Å². The van der Waals surface area contributed by atoms with E-state index in [2.05, 4.69) is 19.9 Å². The van der Waals surface area contributed by atoms with E-state index in [4.69, 9.17) is 9.47 Å².